The first-order chi connectivity index (χ1) is 8.63. The van der Waals surface area contributed by atoms with Crippen molar-refractivity contribution in [2.45, 2.75) is 43.8 Å². The highest BCUT2D eigenvalue weighted by Gasteiger charge is 2.38. The van der Waals surface area contributed by atoms with Gasteiger partial charge >= 0.3 is 0 Å². The van der Waals surface area contributed by atoms with Crippen LogP contribution in [0.1, 0.15) is 25.7 Å². The van der Waals surface area contributed by atoms with Crippen LogP contribution in [0, 0.1) is 5.82 Å². The number of benzene rings is 1. The van der Waals surface area contributed by atoms with Gasteiger partial charge in [-0.25, -0.2) is 4.39 Å². The van der Waals surface area contributed by atoms with E-state index < -0.39 is 0 Å². The Hall–Kier alpha value is -0.800. The lowest BCUT2D eigenvalue weighted by molar-refractivity contribution is 0.169. The molecule has 0 aliphatic carbocycles. The summed E-state index contributed by atoms with van der Waals surface area (Å²) in [5.74, 6) is -0.238. The number of piperidine rings is 1. The quantitative estimate of drug-likeness (QED) is 0.883. The summed E-state index contributed by atoms with van der Waals surface area (Å²) in [5, 5.41) is 4.01. The maximum Gasteiger partial charge on any atom is 0.125 e. The van der Waals surface area contributed by atoms with E-state index >= 15 is 0 Å². The lowest BCUT2D eigenvalue weighted by atomic mass is 9.98. The van der Waals surface area contributed by atoms with Gasteiger partial charge in [0.1, 0.15) is 5.82 Å². The Morgan fingerprint density at radius 3 is 2.61 bits per heavy atom. The van der Waals surface area contributed by atoms with E-state index in [4.69, 9.17) is 11.6 Å². The van der Waals surface area contributed by atoms with Crippen molar-refractivity contribution in [3.8, 4) is 0 Å². The molecule has 2 aliphatic heterocycles. The number of anilines is 1. The molecule has 0 spiro atoms. The Labute approximate surface area is 112 Å². The van der Waals surface area contributed by atoms with Gasteiger partial charge in [0, 0.05) is 18.1 Å². The first-order valence-electron chi connectivity index (χ1n) is 6.57. The van der Waals surface area contributed by atoms with Gasteiger partial charge in [0.15, 0.2) is 0 Å². The molecule has 1 aromatic rings. The molecule has 1 aromatic carbocycles. The van der Waals surface area contributed by atoms with E-state index in [-0.39, 0.29) is 5.82 Å². The summed E-state index contributed by atoms with van der Waals surface area (Å²) >= 11 is 6.09. The summed E-state index contributed by atoms with van der Waals surface area (Å²) in [4.78, 5) is 2.49. The van der Waals surface area contributed by atoms with Gasteiger partial charge in [-0.3, -0.25) is 0 Å². The average Bonchev–Trinajstić information content (AvgIpc) is 2.58. The van der Waals surface area contributed by atoms with E-state index in [0.717, 1.165) is 18.5 Å². The number of nitrogens with one attached hydrogen (secondary N) is 1. The molecule has 2 atom stereocenters. The molecular formula is C14H18ClFN2. The highest BCUT2D eigenvalue weighted by molar-refractivity contribution is 6.33. The van der Waals surface area contributed by atoms with Crippen molar-refractivity contribution in [3.63, 3.8) is 0 Å². The third-order valence-electron chi connectivity index (χ3n) is 4.39. The number of rotatable bonds is 2. The summed E-state index contributed by atoms with van der Waals surface area (Å²) in [6.07, 6.45) is 4.83. The monoisotopic (exact) mass is 268 g/mol. The highest BCUT2D eigenvalue weighted by Crippen LogP contribution is 2.36. The molecule has 2 nitrogen and oxygen atoms in total. The molecule has 2 fully saturated rings. The Bertz CT molecular complexity index is 437. The van der Waals surface area contributed by atoms with Gasteiger partial charge in [-0.05, 0) is 50.9 Å². The number of hydrogen-bond donors (Lipinski definition) is 1. The van der Waals surface area contributed by atoms with Crippen LogP contribution < -0.4 is 5.32 Å². The van der Waals surface area contributed by atoms with Crippen molar-refractivity contribution < 1.29 is 4.39 Å². The number of nitrogens with zero attached hydrogens (tertiary/aromatic N) is 1. The second-order valence-electron chi connectivity index (χ2n) is 5.49. The van der Waals surface area contributed by atoms with E-state index in [9.17, 15) is 4.39 Å². The summed E-state index contributed by atoms with van der Waals surface area (Å²) in [7, 11) is 2.22. The van der Waals surface area contributed by atoms with E-state index in [0.29, 0.717) is 23.1 Å². The van der Waals surface area contributed by atoms with Crippen LogP contribution in [0.3, 0.4) is 0 Å². The zero-order valence-electron chi connectivity index (χ0n) is 10.5. The molecule has 4 heteroatoms. The fourth-order valence-electron chi connectivity index (χ4n) is 3.36. The molecule has 18 heavy (non-hydrogen) atoms. The zero-order chi connectivity index (χ0) is 12.7. The van der Waals surface area contributed by atoms with Crippen molar-refractivity contribution in [2.75, 3.05) is 12.4 Å². The maximum absolute atomic E-state index is 13.2. The molecule has 0 aromatic heterocycles. The normalized spacial score (nSPS) is 31.6. The van der Waals surface area contributed by atoms with Crippen molar-refractivity contribution in [3.05, 3.63) is 29.0 Å². The standard InChI is InChI=1S/C14H18ClFN2/c1-18-11-3-4-12(18)8-10(7-11)17-14-6-9(16)2-5-13(14)15/h2,5-6,10-12,17H,3-4,7-8H2,1H3. The van der Waals surface area contributed by atoms with Crippen LogP contribution in [0.15, 0.2) is 18.2 Å². The van der Waals surface area contributed by atoms with Crippen molar-refractivity contribution in [1.82, 2.24) is 4.90 Å². The van der Waals surface area contributed by atoms with E-state index in [1.165, 1.54) is 25.0 Å². The van der Waals surface area contributed by atoms with E-state index in [2.05, 4.69) is 17.3 Å². The fraction of sp³-hybridized carbons (Fsp3) is 0.571. The molecule has 1 N–H and O–H groups in total. The summed E-state index contributed by atoms with van der Waals surface area (Å²) < 4.78 is 13.2. The SMILES string of the molecule is CN1C2CCC1CC(Nc1cc(F)ccc1Cl)C2. The van der Waals surface area contributed by atoms with Gasteiger partial charge in [-0.1, -0.05) is 11.6 Å². The topological polar surface area (TPSA) is 15.3 Å². The molecule has 2 saturated heterocycles. The van der Waals surface area contributed by atoms with Crippen LogP contribution in [0.2, 0.25) is 5.02 Å². The largest absolute Gasteiger partial charge is 0.381 e. The Morgan fingerprint density at radius 1 is 1.28 bits per heavy atom. The third kappa shape index (κ3) is 2.21. The summed E-state index contributed by atoms with van der Waals surface area (Å²) in [6, 6.07) is 6.26. The van der Waals surface area contributed by atoms with Crippen LogP contribution in [0.4, 0.5) is 10.1 Å². The summed E-state index contributed by atoms with van der Waals surface area (Å²) in [6.45, 7) is 0. The van der Waals surface area contributed by atoms with Gasteiger partial charge < -0.3 is 10.2 Å². The Kier molecular flexibility index (Phi) is 3.20. The predicted molar refractivity (Wildman–Crippen MR) is 72.6 cm³/mol. The van der Waals surface area contributed by atoms with Crippen molar-refractivity contribution in [1.29, 1.82) is 0 Å². The second-order valence-corrected chi connectivity index (χ2v) is 5.89. The van der Waals surface area contributed by atoms with Gasteiger partial charge in [0.05, 0.1) is 10.7 Å². The Balaban J connectivity index is 1.72. The van der Waals surface area contributed by atoms with Gasteiger partial charge in [-0.2, -0.15) is 0 Å². The fourth-order valence-corrected chi connectivity index (χ4v) is 3.53. The van der Waals surface area contributed by atoms with Crippen molar-refractivity contribution >= 4 is 17.3 Å². The first kappa shape index (κ1) is 12.2. The molecular weight excluding hydrogens is 251 g/mol. The molecule has 2 unspecified atom stereocenters. The molecule has 98 valence electrons. The van der Waals surface area contributed by atoms with Gasteiger partial charge in [0.25, 0.3) is 0 Å². The highest BCUT2D eigenvalue weighted by atomic mass is 35.5. The third-order valence-corrected chi connectivity index (χ3v) is 4.72. The molecule has 2 bridgehead atoms. The zero-order valence-corrected chi connectivity index (χ0v) is 11.3. The maximum atomic E-state index is 13.2. The molecule has 0 saturated carbocycles. The Morgan fingerprint density at radius 2 is 1.94 bits per heavy atom. The second kappa shape index (κ2) is 4.71. The minimum Gasteiger partial charge on any atom is -0.381 e. The van der Waals surface area contributed by atoms with Crippen LogP contribution in [-0.4, -0.2) is 30.1 Å². The van der Waals surface area contributed by atoms with Crippen LogP contribution in [-0.2, 0) is 0 Å². The lowest BCUT2D eigenvalue weighted by Gasteiger charge is -2.37. The van der Waals surface area contributed by atoms with E-state index in [1.807, 2.05) is 0 Å². The molecule has 0 radical (unpaired) electrons. The van der Waals surface area contributed by atoms with E-state index in [1.54, 1.807) is 6.07 Å². The number of fused-ring (bicyclic) bond motifs is 2. The molecule has 3 rings (SSSR count). The lowest BCUT2D eigenvalue weighted by Crippen LogP contribution is -2.44. The average molecular weight is 269 g/mol. The van der Waals surface area contributed by atoms with Crippen LogP contribution >= 0.6 is 11.6 Å². The number of halogens is 2. The minimum absolute atomic E-state index is 0.238. The molecule has 2 heterocycles. The van der Waals surface area contributed by atoms with Gasteiger partial charge in [-0.15, -0.1) is 0 Å². The predicted octanol–water partition coefficient (Wildman–Crippen LogP) is 3.52. The van der Waals surface area contributed by atoms with Crippen molar-refractivity contribution in [2.24, 2.45) is 0 Å². The summed E-state index contributed by atoms with van der Waals surface area (Å²) in [5.41, 5.74) is 0.727. The molecule has 2 aliphatic rings. The van der Waals surface area contributed by atoms with Crippen LogP contribution in [0.25, 0.3) is 0 Å². The first-order valence-corrected chi connectivity index (χ1v) is 6.95. The number of hydrogen-bond acceptors (Lipinski definition) is 2. The van der Waals surface area contributed by atoms with Crippen LogP contribution in [0.5, 0.6) is 0 Å². The smallest absolute Gasteiger partial charge is 0.125 e. The molecule has 0 amide bonds. The van der Waals surface area contributed by atoms with Gasteiger partial charge in [0.2, 0.25) is 0 Å². The minimum atomic E-state index is -0.238.